The Kier molecular flexibility index (Phi) is 6.18. The van der Waals surface area contributed by atoms with Crippen molar-refractivity contribution in [3.63, 3.8) is 0 Å². The Morgan fingerprint density at radius 1 is 1.13 bits per heavy atom. The van der Waals surface area contributed by atoms with Crippen LogP contribution in [-0.2, 0) is 0 Å². The minimum Gasteiger partial charge on any atom is -0.367 e. The molecule has 1 aliphatic carbocycles. The van der Waals surface area contributed by atoms with Gasteiger partial charge in [-0.15, -0.1) is 0 Å². The first kappa shape index (κ1) is 20.6. The number of nitrogens with two attached hydrogens (primary N) is 1. The quantitative estimate of drug-likeness (QED) is 0.703. The number of aromatic nitrogens is 2. The monoisotopic (exact) mass is 408 g/mol. The molecule has 0 spiro atoms. The van der Waals surface area contributed by atoms with Crippen LogP contribution in [-0.4, -0.2) is 47.1 Å². The number of hydrogen-bond acceptors (Lipinski definition) is 6. The second kappa shape index (κ2) is 9.00. The maximum Gasteiger partial charge on any atom is 0.248 e. The Morgan fingerprint density at radius 3 is 2.57 bits per heavy atom. The minimum absolute atomic E-state index is 0.350. The highest BCUT2D eigenvalue weighted by molar-refractivity contribution is 5.94. The summed E-state index contributed by atoms with van der Waals surface area (Å²) < 4.78 is 0. The summed E-state index contributed by atoms with van der Waals surface area (Å²) in [6.07, 6.45) is 8.03. The summed E-state index contributed by atoms with van der Waals surface area (Å²) in [6, 6.07) is 8.72. The molecule has 2 atom stereocenters. The fraction of sp³-hybridized carbons (Fsp3) is 0.522. The van der Waals surface area contributed by atoms with Gasteiger partial charge in [0.05, 0.1) is 5.69 Å². The van der Waals surface area contributed by atoms with Crippen LogP contribution in [0.2, 0.25) is 0 Å². The number of carbonyl (C=O) groups excluding carboxylic acids is 1. The van der Waals surface area contributed by atoms with Crippen molar-refractivity contribution in [2.24, 2.45) is 5.73 Å². The molecule has 7 heteroatoms. The fourth-order valence-electron chi connectivity index (χ4n) is 4.61. The molecule has 0 aromatic carbocycles. The Balaban J connectivity index is 1.63. The van der Waals surface area contributed by atoms with Gasteiger partial charge >= 0.3 is 0 Å². The number of anilines is 2. The summed E-state index contributed by atoms with van der Waals surface area (Å²) in [4.78, 5) is 23.6. The predicted octanol–water partition coefficient (Wildman–Crippen LogP) is 3.17. The zero-order valence-corrected chi connectivity index (χ0v) is 17.9. The Labute approximate surface area is 178 Å². The summed E-state index contributed by atoms with van der Waals surface area (Å²) in [5, 5.41) is 7.10. The molecule has 2 aromatic heterocycles. The van der Waals surface area contributed by atoms with Gasteiger partial charge in [0.1, 0.15) is 11.6 Å². The number of pyridine rings is 2. The van der Waals surface area contributed by atoms with Crippen LogP contribution in [0, 0.1) is 0 Å². The summed E-state index contributed by atoms with van der Waals surface area (Å²) in [7, 11) is 0. The van der Waals surface area contributed by atoms with E-state index in [0.717, 1.165) is 36.0 Å². The normalized spacial score (nSPS) is 22.7. The first-order chi connectivity index (χ1) is 14.5. The number of amides is 1. The van der Waals surface area contributed by atoms with Crippen molar-refractivity contribution in [1.82, 2.24) is 15.3 Å². The standard InChI is InChI=1S/C23H32N6O/c1-15-13-29(14-16(2)26-15)22-12-18(23(24)30)10-20(28-22)17-8-9-25-21(11-17)27-19-6-4-3-5-7-19/h8-12,15-16,19,26H,3-7,13-14H2,1-2H3,(H2,24,30)(H,25,27). The van der Waals surface area contributed by atoms with E-state index in [0.29, 0.717) is 23.7 Å². The van der Waals surface area contributed by atoms with Gasteiger partial charge in [-0.05, 0) is 51.0 Å². The van der Waals surface area contributed by atoms with Gasteiger partial charge in [-0.1, -0.05) is 19.3 Å². The number of nitrogens with one attached hydrogen (secondary N) is 2. The third-order valence-electron chi connectivity index (χ3n) is 5.99. The van der Waals surface area contributed by atoms with Crippen molar-refractivity contribution in [3.05, 3.63) is 36.0 Å². The van der Waals surface area contributed by atoms with E-state index in [1.165, 1.54) is 32.1 Å². The van der Waals surface area contributed by atoms with Crippen LogP contribution in [0.5, 0.6) is 0 Å². The van der Waals surface area contributed by atoms with Crippen molar-refractivity contribution in [2.75, 3.05) is 23.3 Å². The maximum atomic E-state index is 12.0. The van der Waals surface area contributed by atoms with Crippen molar-refractivity contribution in [1.29, 1.82) is 0 Å². The molecule has 1 saturated carbocycles. The van der Waals surface area contributed by atoms with Crippen molar-refractivity contribution >= 4 is 17.5 Å². The molecule has 30 heavy (non-hydrogen) atoms. The Hall–Kier alpha value is -2.67. The van der Waals surface area contributed by atoms with Crippen molar-refractivity contribution in [3.8, 4) is 11.3 Å². The van der Waals surface area contributed by atoms with E-state index in [1.807, 2.05) is 12.1 Å². The molecule has 4 N–H and O–H groups in total. The zero-order chi connectivity index (χ0) is 21.1. The van der Waals surface area contributed by atoms with Gasteiger partial charge in [-0.25, -0.2) is 9.97 Å². The van der Waals surface area contributed by atoms with E-state index in [-0.39, 0.29) is 0 Å². The van der Waals surface area contributed by atoms with E-state index >= 15 is 0 Å². The van der Waals surface area contributed by atoms with Crippen LogP contribution in [0.4, 0.5) is 11.6 Å². The molecule has 0 radical (unpaired) electrons. The summed E-state index contributed by atoms with van der Waals surface area (Å²) in [5.41, 5.74) is 7.80. The van der Waals surface area contributed by atoms with Gasteiger partial charge < -0.3 is 21.3 Å². The van der Waals surface area contributed by atoms with Crippen LogP contribution >= 0.6 is 0 Å². The highest BCUT2D eigenvalue weighted by atomic mass is 16.1. The number of piperazine rings is 1. The van der Waals surface area contributed by atoms with Crippen LogP contribution in [0.1, 0.15) is 56.3 Å². The number of rotatable bonds is 5. The van der Waals surface area contributed by atoms with Gasteiger partial charge in [0, 0.05) is 48.5 Å². The third-order valence-corrected chi connectivity index (χ3v) is 5.99. The van der Waals surface area contributed by atoms with Crippen molar-refractivity contribution < 1.29 is 4.79 Å². The van der Waals surface area contributed by atoms with Gasteiger partial charge in [0.2, 0.25) is 5.91 Å². The largest absolute Gasteiger partial charge is 0.367 e. The smallest absolute Gasteiger partial charge is 0.248 e. The highest BCUT2D eigenvalue weighted by Gasteiger charge is 2.23. The lowest BCUT2D eigenvalue weighted by Crippen LogP contribution is -2.54. The summed E-state index contributed by atoms with van der Waals surface area (Å²) >= 11 is 0. The molecule has 2 fully saturated rings. The summed E-state index contributed by atoms with van der Waals surface area (Å²) in [6.45, 7) is 5.99. The number of hydrogen-bond donors (Lipinski definition) is 3. The average Bonchev–Trinajstić information content (AvgIpc) is 2.73. The number of primary amides is 1. The molecule has 4 rings (SSSR count). The van der Waals surface area contributed by atoms with Crippen LogP contribution in [0.3, 0.4) is 0 Å². The first-order valence-electron chi connectivity index (χ1n) is 11.0. The van der Waals surface area contributed by atoms with E-state index in [9.17, 15) is 4.79 Å². The molecule has 7 nitrogen and oxygen atoms in total. The molecule has 160 valence electrons. The van der Waals surface area contributed by atoms with E-state index in [1.54, 1.807) is 18.3 Å². The maximum absolute atomic E-state index is 12.0. The Morgan fingerprint density at radius 2 is 1.87 bits per heavy atom. The highest BCUT2D eigenvalue weighted by Crippen LogP contribution is 2.27. The second-order valence-corrected chi connectivity index (χ2v) is 8.75. The number of carbonyl (C=O) groups is 1. The summed E-state index contributed by atoms with van der Waals surface area (Å²) in [5.74, 6) is 1.21. The van der Waals surface area contributed by atoms with Gasteiger partial charge in [0.25, 0.3) is 0 Å². The van der Waals surface area contributed by atoms with Gasteiger partial charge in [-0.2, -0.15) is 0 Å². The third kappa shape index (κ3) is 4.90. The van der Waals surface area contributed by atoms with Crippen LogP contribution < -0.4 is 21.3 Å². The lowest BCUT2D eigenvalue weighted by Gasteiger charge is -2.37. The molecule has 2 aliphatic rings. The van der Waals surface area contributed by atoms with Crippen molar-refractivity contribution in [2.45, 2.75) is 64.1 Å². The Bertz CT molecular complexity index is 885. The molecule has 2 aromatic rings. The molecular weight excluding hydrogens is 376 g/mol. The van der Waals surface area contributed by atoms with E-state index in [2.05, 4.69) is 34.4 Å². The molecular formula is C23H32N6O. The van der Waals surface area contributed by atoms with E-state index < -0.39 is 5.91 Å². The average molecular weight is 409 g/mol. The topological polar surface area (TPSA) is 96.2 Å². The molecule has 3 heterocycles. The number of nitrogens with zero attached hydrogens (tertiary/aromatic N) is 3. The molecule has 1 amide bonds. The zero-order valence-electron chi connectivity index (χ0n) is 17.9. The van der Waals surface area contributed by atoms with E-state index in [4.69, 9.17) is 10.7 Å². The molecule has 1 saturated heterocycles. The van der Waals surface area contributed by atoms with Crippen LogP contribution in [0.15, 0.2) is 30.5 Å². The van der Waals surface area contributed by atoms with Gasteiger partial charge in [0.15, 0.2) is 0 Å². The SMILES string of the molecule is CC1CN(c2cc(C(N)=O)cc(-c3ccnc(NC4CCCCC4)c3)n2)CC(C)N1. The van der Waals surface area contributed by atoms with Crippen LogP contribution in [0.25, 0.3) is 11.3 Å². The minimum atomic E-state index is -0.439. The fourth-order valence-corrected chi connectivity index (χ4v) is 4.61. The predicted molar refractivity (Wildman–Crippen MR) is 121 cm³/mol. The molecule has 2 unspecified atom stereocenters. The first-order valence-corrected chi connectivity index (χ1v) is 11.0. The lowest BCUT2D eigenvalue weighted by molar-refractivity contribution is 0.1000. The lowest BCUT2D eigenvalue weighted by atomic mass is 9.95. The second-order valence-electron chi connectivity index (χ2n) is 8.75. The molecule has 1 aliphatic heterocycles. The molecule has 0 bridgehead atoms. The van der Waals surface area contributed by atoms with Gasteiger partial charge in [-0.3, -0.25) is 4.79 Å².